The standard InChI is InChI=1S/C24H18ClN3OS/c1-15-5-4-6-16(13-15)14-30-24-27-21-19-7-2-3-8-20(19)26-22(21)23(29)28(24)18-11-9-17(25)10-12-18/h2-13,26H,14H2,1H3. The van der Waals surface area contributed by atoms with Gasteiger partial charge in [0.15, 0.2) is 5.16 Å². The Balaban J connectivity index is 1.71. The van der Waals surface area contributed by atoms with E-state index in [1.807, 2.05) is 42.5 Å². The maximum atomic E-state index is 13.5. The van der Waals surface area contributed by atoms with E-state index in [0.717, 1.165) is 22.3 Å². The molecule has 2 heterocycles. The van der Waals surface area contributed by atoms with Crippen LogP contribution in [-0.4, -0.2) is 14.5 Å². The fourth-order valence-electron chi connectivity index (χ4n) is 3.61. The van der Waals surface area contributed by atoms with Crippen molar-refractivity contribution in [3.63, 3.8) is 0 Å². The van der Waals surface area contributed by atoms with E-state index in [0.29, 0.717) is 21.2 Å². The molecule has 0 aliphatic carbocycles. The first-order chi connectivity index (χ1) is 14.6. The average Bonchev–Trinajstić information content (AvgIpc) is 3.12. The molecule has 148 valence electrons. The number of para-hydroxylation sites is 1. The largest absolute Gasteiger partial charge is 0.349 e. The number of nitrogens with one attached hydrogen (secondary N) is 1. The van der Waals surface area contributed by atoms with Crippen molar-refractivity contribution >= 4 is 45.3 Å². The summed E-state index contributed by atoms with van der Waals surface area (Å²) in [5.74, 6) is 0.718. The Morgan fingerprint density at radius 1 is 1.03 bits per heavy atom. The molecule has 0 aliphatic heterocycles. The van der Waals surface area contributed by atoms with Gasteiger partial charge in [-0.25, -0.2) is 4.98 Å². The molecule has 0 fully saturated rings. The SMILES string of the molecule is Cc1cccc(CSc2nc3c([nH]c4ccccc43)c(=O)n2-c2ccc(Cl)cc2)c1. The number of aryl methyl sites for hydroxylation is 1. The number of rotatable bonds is 4. The van der Waals surface area contributed by atoms with Crippen LogP contribution in [0.25, 0.3) is 27.6 Å². The second-order valence-corrected chi connectivity index (χ2v) is 8.56. The molecule has 3 aromatic carbocycles. The summed E-state index contributed by atoms with van der Waals surface area (Å²) in [6, 6.07) is 23.5. The van der Waals surface area contributed by atoms with Crippen molar-refractivity contribution < 1.29 is 0 Å². The average molecular weight is 432 g/mol. The van der Waals surface area contributed by atoms with Crippen molar-refractivity contribution in [2.75, 3.05) is 0 Å². The van der Waals surface area contributed by atoms with Crippen LogP contribution in [0.2, 0.25) is 5.02 Å². The maximum absolute atomic E-state index is 13.5. The molecule has 2 aromatic heterocycles. The van der Waals surface area contributed by atoms with E-state index in [-0.39, 0.29) is 5.56 Å². The van der Waals surface area contributed by atoms with Gasteiger partial charge in [-0.1, -0.05) is 71.4 Å². The van der Waals surface area contributed by atoms with Crippen LogP contribution in [0.1, 0.15) is 11.1 Å². The molecule has 5 aromatic rings. The lowest BCUT2D eigenvalue weighted by Gasteiger charge is -2.12. The third kappa shape index (κ3) is 3.40. The number of nitrogens with zero attached hydrogens (tertiary/aromatic N) is 2. The molecule has 0 spiro atoms. The zero-order valence-corrected chi connectivity index (χ0v) is 17.8. The Bertz CT molecular complexity index is 1440. The quantitative estimate of drug-likeness (QED) is 0.275. The third-order valence-electron chi connectivity index (χ3n) is 5.03. The van der Waals surface area contributed by atoms with E-state index in [1.165, 1.54) is 11.1 Å². The first-order valence-electron chi connectivity index (χ1n) is 9.58. The topological polar surface area (TPSA) is 50.7 Å². The smallest absolute Gasteiger partial charge is 0.283 e. The van der Waals surface area contributed by atoms with Crippen LogP contribution < -0.4 is 5.56 Å². The van der Waals surface area contributed by atoms with Gasteiger partial charge in [-0.3, -0.25) is 9.36 Å². The summed E-state index contributed by atoms with van der Waals surface area (Å²) in [6.45, 7) is 2.08. The second kappa shape index (κ2) is 7.67. The first-order valence-corrected chi connectivity index (χ1v) is 10.9. The first kappa shape index (κ1) is 19.0. The van der Waals surface area contributed by atoms with Gasteiger partial charge in [0, 0.05) is 21.7 Å². The molecule has 0 saturated heterocycles. The number of halogens is 1. The summed E-state index contributed by atoms with van der Waals surface area (Å²) in [5, 5.41) is 2.23. The molecule has 0 bridgehead atoms. The Morgan fingerprint density at radius 2 is 1.83 bits per heavy atom. The van der Waals surface area contributed by atoms with Crippen LogP contribution >= 0.6 is 23.4 Å². The van der Waals surface area contributed by atoms with Gasteiger partial charge < -0.3 is 4.98 Å². The zero-order valence-electron chi connectivity index (χ0n) is 16.2. The molecule has 1 N–H and O–H groups in total. The van der Waals surface area contributed by atoms with Gasteiger partial charge >= 0.3 is 0 Å². The summed E-state index contributed by atoms with van der Waals surface area (Å²) < 4.78 is 1.66. The predicted octanol–water partition coefficient (Wildman–Crippen LogP) is 6.12. The lowest BCUT2D eigenvalue weighted by molar-refractivity contribution is 0.819. The number of hydrogen-bond donors (Lipinski definition) is 1. The van der Waals surface area contributed by atoms with E-state index < -0.39 is 0 Å². The van der Waals surface area contributed by atoms with Crippen molar-refractivity contribution in [2.45, 2.75) is 17.8 Å². The fraction of sp³-hybridized carbons (Fsp3) is 0.0833. The van der Waals surface area contributed by atoms with E-state index in [1.54, 1.807) is 28.5 Å². The molecule has 4 nitrogen and oxygen atoms in total. The Morgan fingerprint density at radius 3 is 2.63 bits per heavy atom. The predicted molar refractivity (Wildman–Crippen MR) is 125 cm³/mol. The summed E-state index contributed by atoms with van der Waals surface area (Å²) >= 11 is 7.62. The van der Waals surface area contributed by atoms with Gasteiger partial charge in [0.25, 0.3) is 5.56 Å². The molecule has 0 radical (unpaired) electrons. The van der Waals surface area contributed by atoms with E-state index >= 15 is 0 Å². The highest BCUT2D eigenvalue weighted by molar-refractivity contribution is 7.98. The number of fused-ring (bicyclic) bond motifs is 3. The molecule has 0 aliphatic rings. The van der Waals surface area contributed by atoms with Crippen LogP contribution in [0.3, 0.4) is 0 Å². The number of aromatic nitrogens is 3. The van der Waals surface area contributed by atoms with E-state index in [4.69, 9.17) is 16.6 Å². The van der Waals surface area contributed by atoms with E-state index in [2.05, 4.69) is 30.1 Å². The molecule has 6 heteroatoms. The molecule has 0 saturated carbocycles. The molecule has 0 unspecified atom stereocenters. The van der Waals surface area contributed by atoms with Crippen molar-refractivity contribution in [3.8, 4) is 5.69 Å². The summed E-state index contributed by atoms with van der Waals surface area (Å²) in [4.78, 5) is 21.7. The number of thioether (sulfide) groups is 1. The lowest BCUT2D eigenvalue weighted by Crippen LogP contribution is -2.21. The molecule has 0 atom stereocenters. The molecule has 30 heavy (non-hydrogen) atoms. The van der Waals surface area contributed by atoms with Gasteiger partial charge in [-0.15, -0.1) is 0 Å². The van der Waals surface area contributed by atoms with Gasteiger partial charge in [0.2, 0.25) is 0 Å². The van der Waals surface area contributed by atoms with Crippen molar-refractivity contribution in [2.24, 2.45) is 0 Å². The molecule has 5 rings (SSSR count). The molecular formula is C24H18ClN3OS. The summed E-state index contributed by atoms with van der Waals surface area (Å²) in [5.41, 5.74) is 5.13. The van der Waals surface area contributed by atoms with Crippen LogP contribution in [0.5, 0.6) is 0 Å². The molecule has 0 amide bonds. The number of hydrogen-bond acceptors (Lipinski definition) is 3. The van der Waals surface area contributed by atoms with Gasteiger partial charge in [-0.2, -0.15) is 0 Å². The minimum Gasteiger partial charge on any atom is -0.349 e. The Labute approximate surface area is 182 Å². The summed E-state index contributed by atoms with van der Waals surface area (Å²) in [6.07, 6.45) is 0. The van der Waals surface area contributed by atoms with Crippen LogP contribution in [0.15, 0.2) is 82.7 Å². The lowest BCUT2D eigenvalue weighted by atomic mass is 10.2. The van der Waals surface area contributed by atoms with Crippen LogP contribution in [0.4, 0.5) is 0 Å². The second-order valence-electron chi connectivity index (χ2n) is 7.18. The summed E-state index contributed by atoms with van der Waals surface area (Å²) in [7, 11) is 0. The van der Waals surface area contributed by atoms with Crippen molar-refractivity contribution in [1.29, 1.82) is 0 Å². The highest BCUT2D eigenvalue weighted by Crippen LogP contribution is 2.28. The number of benzene rings is 3. The van der Waals surface area contributed by atoms with Gasteiger partial charge in [-0.05, 0) is 42.8 Å². The zero-order chi connectivity index (χ0) is 20.7. The van der Waals surface area contributed by atoms with Crippen molar-refractivity contribution in [1.82, 2.24) is 14.5 Å². The number of aromatic amines is 1. The minimum absolute atomic E-state index is 0.120. The highest BCUT2D eigenvalue weighted by Gasteiger charge is 2.17. The Hall–Kier alpha value is -3.02. The fourth-order valence-corrected chi connectivity index (χ4v) is 4.68. The van der Waals surface area contributed by atoms with E-state index in [9.17, 15) is 4.79 Å². The Kier molecular flexibility index (Phi) is 4.85. The number of H-pyrrole nitrogens is 1. The minimum atomic E-state index is -0.120. The third-order valence-corrected chi connectivity index (χ3v) is 6.29. The highest BCUT2D eigenvalue weighted by atomic mass is 35.5. The normalized spacial score (nSPS) is 11.4. The van der Waals surface area contributed by atoms with Crippen LogP contribution in [-0.2, 0) is 5.75 Å². The maximum Gasteiger partial charge on any atom is 0.283 e. The van der Waals surface area contributed by atoms with Gasteiger partial charge in [0.1, 0.15) is 11.0 Å². The van der Waals surface area contributed by atoms with Gasteiger partial charge in [0.05, 0.1) is 5.69 Å². The molecular weight excluding hydrogens is 414 g/mol. The van der Waals surface area contributed by atoms with Crippen molar-refractivity contribution in [3.05, 3.63) is 99.3 Å². The monoisotopic (exact) mass is 431 g/mol. The van der Waals surface area contributed by atoms with Crippen LogP contribution in [0, 0.1) is 6.92 Å².